The first kappa shape index (κ1) is 15.2. The van der Waals surface area contributed by atoms with Gasteiger partial charge in [-0.25, -0.2) is 4.98 Å². The Balaban J connectivity index is 1.93. The zero-order valence-electron chi connectivity index (χ0n) is 12.0. The van der Waals surface area contributed by atoms with Crippen molar-refractivity contribution in [3.05, 3.63) is 75.3 Å². The Morgan fingerprint density at radius 2 is 2.00 bits per heavy atom. The molecule has 3 aromatic rings. The molecule has 1 unspecified atom stereocenters. The monoisotopic (exact) mass is 325 g/mol. The molecule has 1 N–H and O–H groups in total. The number of halogens is 1. The molecule has 1 aromatic heterocycles. The molecule has 0 radical (unpaired) electrons. The summed E-state index contributed by atoms with van der Waals surface area (Å²) in [6, 6.07) is 13.6. The number of hydrogen-bond acceptors (Lipinski definition) is 4. The second kappa shape index (κ2) is 6.21. The summed E-state index contributed by atoms with van der Waals surface area (Å²) in [7, 11) is 0. The van der Waals surface area contributed by atoms with Crippen LogP contribution in [0.5, 0.6) is 0 Å². The smallest absolute Gasteiger partial charge is 0.261 e. The lowest BCUT2D eigenvalue weighted by molar-refractivity contribution is 0.155. The lowest BCUT2D eigenvalue weighted by Gasteiger charge is -2.13. The molecule has 23 heavy (non-hydrogen) atoms. The Morgan fingerprint density at radius 3 is 2.70 bits per heavy atom. The number of aliphatic hydroxyl groups excluding tert-OH is 1. The standard InChI is InChI=1S/C17H12ClN3O2/c18-14-3-1-2-13-16(14)20-10-21(17(13)23)9-15(22)12-6-4-11(8-19)5-7-12/h1-7,10,15,22H,9H2. The highest BCUT2D eigenvalue weighted by Gasteiger charge is 2.12. The van der Waals surface area contributed by atoms with E-state index in [1.165, 1.54) is 10.9 Å². The summed E-state index contributed by atoms with van der Waals surface area (Å²) < 4.78 is 1.35. The molecule has 0 aliphatic carbocycles. The molecule has 0 aliphatic heterocycles. The Bertz CT molecular complexity index is 958. The Hall–Kier alpha value is -2.68. The van der Waals surface area contributed by atoms with E-state index in [9.17, 15) is 9.90 Å². The van der Waals surface area contributed by atoms with Gasteiger partial charge in [-0.1, -0.05) is 29.8 Å². The third kappa shape index (κ3) is 2.95. The van der Waals surface area contributed by atoms with Gasteiger partial charge in [-0.3, -0.25) is 9.36 Å². The molecule has 0 fully saturated rings. The molecule has 0 saturated carbocycles. The summed E-state index contributed by atoms with van der Waals surface area (Å²) >= 11 is 6.03. The van der Waals surface area contributed by atoms with Crippen LogP contribution in [0.2, 0.25) is 5.02 Å². The lowest BCUT2D eigenvalue weighted by atomic mass is 10.1. The van der Waals surface area contributed by atoms with Crippen molar-refractivity contribution in [3.8, 4) is 6.07 Å². The Kier molecular flexibility index (Phi) is 4.11. The average molecular weight is 326 g/mol. The minimum Gasteiger partial charge on any atom is -0.387 e. The first-order valence-electron chi connectivity index (χ1n) is 6.92. The van der Waals surface area contributed by atoms with E-state index in [2.05, 4.69) is 4.98 Å². The first-order valence-corrected chi connectivity index (χ1v) is 7.30. The highest BCUT2D eigenvalue weighted by Crippen LogP contribution is 2.19. The summed E-state index contributed by atoms with van der Waals surface area (Å²) in [6.07, 6.45) is 0.502. The summed E-state index contributed by atoms with van der Waals surface area (Å²) in [4.78, 5) is 16.7. The molecule has 0 aliphatic rings. The molecule has 1 heterocycles. The van der Waals surface area contributed by atoms with Crippen LogP contribution in [0.15, 0.2) is 53.6 Å². The largest absolute Gasteiger partial charge is 0.387 e. The van der Waals surface area contributed by atoms with Gasteiger partial charge in [0, 0.05) is 0 Å². The number of aliphatic hydroxyl groups is 1. The second-order valence-electron chi connectivity index (χ2n) is 5.09. The van der Waals surface area contributed by atoms with E-state index in [0.29, 0.717) is 27.1 Å². The molecular formula is C17H12ClN3O2. The molecule has 114 valence electrons. The summed E-state index contributed by atoms with van der Waals surface area (Å²) in [5, 5.41) is 19.9. The highest BCUT2D eigenvalue weighted by molar-refractivity contribution is 6.34. The average Bonchev–Trinajstić information content (AvgIpc) is 2.58. The molecule has 0 bridgehead atoms. The number of aromatic nitrogens is 2. The van der Waals surface area contributed by atoms with Crippen LogP contribution in [0.25, 0.3) is 10.9 Å². The second-order valence-corrected chi connectivity index (χ2v) is 5.49. The van der Waals surface area contributed by atoms with Gasteiger partial charge in [0.15, 0.2) is 0 Å². The van der Waals surface area contributed by atoms with E-state index in [-0.39, 0.29) is 12.1 Å². The number of benzene rings is 2. The molecule has 1 atom stereocenters. The van der Waals surface area contributed by atoms with Gasteiger partial charge in [0.1, 0.15) is 0 Å². The van der Waals surface area contributed by atoms with E-state index in [1.807, 2.05) is 6.07 Å². The van der Waals surface area contributed by atoms with Crippen molar-refractivity contribution in [3.63, 3.8) is 0 Å². The topological polar surface area (TPSA) is 78.9 Å². The predicted octanol–water partition coefficient (Wildman–Crippen LogP) is 2.66. The van der Waals surface area contributed by atoms with Gasteiger partial charge in [0.25, 0.3) is 5.56 Å². The van der Waals surface area contributed by atoms with Crippen molar-refractivity contribution in [2.24, 2.45) is 0 Å². The minimum atomic E-state index is -0.876. The van der Waals surface area contributed by atoms with Crippen LogP contribution in [-0.2, 0) is 6.54 Å². The van der Waals surface area contributed by atoms with Crippen LogP contribution >= 0.6 is 11.6 Å². The van der Waals surface area contributed by atoms with Crippen molar-refractivity contribution in [2.45, 2.75) is 12.6 Å². The van der Waals surface area contributed by atoms with Gasteiger partial charge in [-0.05, 0) is 29.8 Å². The molecule has 6 heteroatoms. The van der Waals surface area contributed by atoms with Gasteiger partial charge in [0.2, 0.25) is 0 Å². The van der Waals surface area contributed by atoms with Crippen molar-refractivity contribution < 1.29 is 5.11 Å². The molecule has 2 aromatic carbocycles. The van der Waals surface area contributed by atoms with Crippen LogP contribution in [0.4, 0.5) is 0 Å². The van der Waals surface area contributed by atoms with Crippen LogP contribution in [0, 0.1) is 11.3 Å². The van der Waals surface area contributed by atoms with E-state index in [4.69, 9.17) is 16.9 Å². The fourth-order valence-corrected chi connectivity index (χ4v) is 2.58. The zero-order valence-corrected chi connectivity index (χ0v) is 12.7. The highest BCUT2D eigenvalue weighted by atomic mass is 35.5. The van der Waals surface area contributed by atoms with Crippen molar-refractivity contribution in [1.29, 1.82) is 5.26 Å². The maximum atomic E-state index is 12.5. The van der Waals surface area contributed by atoms with Crippen LogP contribution in [-0.4, -0.2) is 14.7 Å². The molecule has 0 amide bonds. The zero-order chi connectivity index (χ0) is 16.4. The van der Waals surface area contributed by atoms with Crippen molar-refractivity contribution in [1.82, 2.24) is 9.55 Å². The van der Waals surface area contributed by atoms with E-state index < -0.39 is 6.10 Å². The third-order valence-electron chi connectivity index (χ3n) is 3.60. The van der Waals surface area contributed by atoms with Crippen LogP contribution in [0.1, 0.15) is 17.2 Å². The van der Waals surface area contributed by atoms with Crippen LogP contribution < -0.4 is 5.56 Å². The number of nitriles is 1. The van der Waals surface area contributed by atoms with Gasteiger partial charge in [-0.15, -0.1) is 0 Å². The number of para-hydroxylation sites is 1. The Morgan fingerprint density at radius 1 is 1.26 bits per heavy atom. The van der Waals surface area contributed by atoms with Crippen molar-refractivity contribution >= 4 is 22.5 Å². The van der Waals surface area contributed by atoms with Gasteiger partial charge in [-0.2, -0.15) is 5.26 Å². The summed E-state index contributed by atoms with van der Waals surface area (Å²) in [5.41, 5.74) is 1.33. The van der Waals surface area contributed by atoms with E-state index >= 15 is 0 Å². The van der Waals surface area contributed by atoms with Crippen LogP contribution in [0.3, 0.4) is 0 Å². The third-order valence-corrected chi connectivity index (χ3v) is 3.90. The number of fused-ring (bicyclic) bond motifs is 1. The van der Waals surface area contributed by atoms with Gasteiger partial charge >= 0.3 is 0 Å². The molecule has 3 rings (SSSR count). The predicted molar refractivity (Wildman–Crippen MR) is 87.1 cm³/mol. The maximum Gasteiger partial charge on any atom is 0.261 e. The minimum absolute atomic E-state index is 0.0696. The normalized spacial score (nSPS) is 12.0. The van der Waals surface area contributed by atoms with Gasteiger partial charge < -0.3 is 5.11 Å². The SMILES string of the molecule is N#Cc1ccc(C(O)Cn2cnc3c(Cl)cccc3c2=O)cc1. The fourth-order valence-electron chi connectivity index (χ4n) is 2.36. The molecule has 0 saturated heterocycles. The number of nitrogens with zero attached hydrogens (tertiary/aromatic N) is 3. The number of rotatable bonds is 3. The quantitative estimate of drug-likeness (QED) is 0.803. The molecular weight excluding hydrogens is 314 g/mol. The maximum absolute atomic E-state index is 12.5. The van der Waals surface area contributed by atoms with Gasteiger partial charge in [0.05, 0.1) is 46.5 Å². The number of hydrogen-bond donors (Lipinski definition) is 1. The van der Waals surface area contributed by atoms with Crippen molar-refractivity contribution in [2.75, 3.05) is 0 Å². The summed E-state index contributed by atoms with van der Waals surface area (Å²) in [6.45, 7) is 0.0696. The fraction of sp³-hybridized carbons (Fsp3) is 0.118. The first-order chi connectivity index (χ1) is 11.1. The molecule has 5 nitrogen and oxygen atoms in total. The Labute approximate surface area is 137 Å². The summed E-state index contributed by atoms with van der Waals surface area (Å²) in [5.74, 6) is 0. The molecule has 0 spiro atoms. The van der Waals surface area contributed by atoms with E-state index in [1.54, 1.807) is 42.5 Å². The van der Waals surface area contributed by atoms with E-state index in [0.717, 1.165) is 0 Å². The lowest BCUT2D eigenvalue weighted by Crippen LogP contribution is -2.23.